The van der Waals surface area contributed by atoms with Crippen molar-refractivity contribution in [2.75, 3.05) is 13.2 Å². The van der Waals surface area contributed by atoms with Gasteiger partial charge in [0, 0.05) is 4.90 Å². The monoisotopic (exact) mass is 300 g/mol. The Kier molecular flexibility index (Phi) is 6.68. The van der Waals surface area contributed by atoms with Crippen molar-refractivity contribution < 1.29 is 24.3 Å². The number of nitrogens with one attached hydrogen (secondary N) is 1. The third kappa shape index (κ3) is 5.81. The highest BCUT2D eigenvalue weighted by molar-refractivity contribution is 7.80. The maximum Gasteiger partial charge on any atom is 0.246 e. The molecule has 110 valence electrons. The molecule has 0 bridgehead atoms. The summed E-state index contributed by atoms with van der Waals surface area (Å²) in [5.74, 6) is -0.192. The molecule has 0 aromatic heterocycles. The van der Waals surface area contributed by atoms with Crippen molar-refractivity contribution >= 4 is 24.4 Å². The van der Waals surface area contributed by atoms with Crippen LogP contribution in [-0.2, 0) is 9.59 Å². The van der Waals surface area contributed by atoms with E-state index in [1.165, 1.54) is 5.48 Å². The summed E-state index contributed by atoms with van der Waals surface area (Å²) in [4.78, 5) is 22.2. The third-order valence-electron chi connectivity index (χ3n) is 2.24. The fraction of sp³-hybridized carbons (Fsp3) is 0.333. The smallest absolute Gasteiger partial charge is 0.246 e. The molecule has 0 heterocycles. The molecule has 1 aromatic rings. The molecule has 0 saturated heterocycles. The van der Waals surface area contributed by atoms with Gasteiger partial charge in [-0.3, -0.25) is 14.8 Å². The minimum absolute atomic E-state index is 0.000146. The highest BCUT2D eigenvalue weighted by Gasteiger charge is 2.08. The number of nitrogens with two attached hydrogens (primary N) is 1. The molecule has 20 heavy (non-hydrogen) atoms. The highest BCUT2D eigenvalue weighted by Crippen LogP contribution is 2.30. The summed E-state index contributed by atoms with van der Waals surface area (Å²) in [5, 5.41) is 8.36. The lowest BCUT2D eigenvalue weighted by Gasteiger charge is -2.12. The number of benzene rings is 1. The van der Waals surface area contributed by atoms with E-state index >= 15 is 0 Å². The van der Waals surface area contributed by atoms with Gasteiger partial charge < -0.3 is 15.2 Å². The average Bonchev–Trinajstić information content (AvgIpc) is 2.40. The van der Waals surface area contributed by atoms with Crippen LogP contribution in [0.4, 0.5) is 0 Å². The number of primary amides is 1. The topological polar surface area (TPSA) is 111 Å². The molecular formula is C12H16N2O5S. The van der Waals surface area contributed by atoms with Gasteiger partial charge in [0.05, 0.1) is 26.1 Å². The van der Waals surface area contributed by atoms with Gasteiger partial charge in [0.15, 0.2) is 11.5 Å². The van der Waals surface area contributed by atoms with Crippen LogP contribution in [0.1, 0.15) is 12.8 Å². The third-order valence-corrected chi connectivity index (χ3v) is 2.52. The van der Waals surface area contributed by atoms with Crippen molar-refractivity contribution in [3.05, 3.63) is 18.2 Å². The fourth-order valence-corrected chi connectivity index (χ4v) is 1.49. The molecule has 0 aliphatic rings. The Morgan fingerprint density at radius 2 is 1.85 bits per heavy atom. The lowest BCUT2D eigenvalue weighted by Crippen LogP contribution is -2.20. The van der Waals surface area contributed by atoms with Gasteiger partial charge in [0.1, 0.15) is 0 Å². The largest absolute Gasteiger partial charge is 0.489 e. The second kappa shape index (κ2) is 8.28. The zero-order valence-electron chi connectivity index (χ0n) is 10.7. The van der Waals surface area contributed by atoms with Crippen LogP contribution in [0.15, 0.2) is 23.1 Å². The van der Waals surface area contributed by atoms with E-state index < -0.39 is 11.8 Å². The van der Waals surface area contributed by atoms with E-state index in [4.69, 9.17) is 20.4 Å². The van der Waals surface area contributed by atoms with E-state index in [2.05, 4.69) is 12.6 Å². The first kappa shape index (κ1) is 16.1. The fourth-order valence-electron chi connectivity index (χ4n) is 1.30. The van der Waals surface area contributed by atoms with Crippen LogP contribution in [0, 0.1) is 0 Å². The Labute approximate surface area is 121 Å². The summed E-state index contributed by atoms with van der Waals surface area (Å²) in [5.41, 5.74) is 6.53. The predicted octanol–water partition coefficient (Wildman–Crippen LogP) is 0.504. The number of carbonyl (C=O) groups excluding carboxylic acids is 2. The van der Waals surface area contributed by atoms with Crippen molar-refractivity contribution in [2.24, 2.45) is 5.73 Å². The lowest BCUT2D eigenvalue weighted by atomic mass is 10.3. The van der Waals surface area contributed by atoms with Gasteiger partial charge in [0.2, 0.25) is 11.8 Å². The first-order valence-corrected chi connectivity index (χ1v) is 6.27. The number of hydrogen-bond acceptors (Lipinski definition) is 6. The molecule has 0 aliphatic heterocycles. The summed E-state index contributed by atoms with van der Waals surface area (Å²) in [7, 11) is 0. The maximum absolute atomic E-state index is 10.9. The number of hydrogen-bond donors (Lipinski definition) is 4. The SMILES string of the molecule is NC(=O)CCOc1cc(S)ccc1OCCC(=O)NO. The molecule has 2 amide bonds. The Morgan fingerprint density at radius 3 is 2.50 bits per heavy atom. The Bertz CT molecular complexity index is 481. The molecule has 8 heteroatoms. The molecular weight excluding hydrogens is 284 g/mol. The summed E-state index contributed by atoms with van der Waals surface area (Å²) in [6.45, 7) is 0.199. The van der Waals surface area contributed by atoms with Crippen LogP contribution in [0.3, 0.4) is 0 Å². The van der Waals surface area contributed by atoms with Crippen molar-refractivity contribution in [2.45, 2.75) is 17.7 Å². The molecule has 0 fully saturated rings. The predicted molar refractivity (Wildman–Crippen MR) is 73.0 cm³/mol. The van der Waals surface area contributed by atoms with Gasteiger partial charge >= 0.3 is 0 Å². The molecule has 0 spiro atoms. The van der Waals surface area contributed by atoms with Crippen molar-refractivity contribution in [1.82, 2.24) is 5.48 Å². The number of carbonyl (C=O) groups is 2. The van der Waals surface area contributed by atoms with Crippen LogP contribution in [0.5, 0.6) is 11.5 Å². The van der Waals surface area contributed by atoms with Crippen LogP contribution in [0.2, 0.25) is 0 Å². The van der Waals surface area contributed by atoms with E-state index in [9.17, 15) is 9.59 Å². The van der Waals surface area contributed by atoms with Crippen molar-refractivity contribution in [3.63, 3.8) is 0 Å². The molecule has 0 radical (unpaired) electrons. The van der Waals surface area contributed by atoms with Gasteiger partial charge in [-0.25, -0.2) is 5.48 Å². The van der Waals surface area contributed by atoms with E-state index in [1.807, 2.05) is 0 Å². The minimum Gasteiger partial charge on any atom is -0.489 e. The summed E-state index contributed by atoms with van der Waals surface area (Å²) < 4.78 is 10.8. The first-order chi connectivity index (χ1) is 9.52. The molecule has 7 nitrogen and oxygen atoms in total. The molecule has 0 unspecified atom stereocenters. The quantitative estimate of drug-likeness (QED) is 0.317. The molecule has 1 aromatic carbocycles. The molecule has 0 saturated carbocycles. The normalized spacial score (nSPS) is 9.90. The van der Waals surface area contributed by atoms with E-state index in [-0.39, 0.29) is 26.1 Å². The van der Waals surface area contributed by atoms with E-state index in [0.717, 1.165) is 0 Å². The van der Waals surface area contributed by atoms with Crippen LogP contribution >= 0.6 is 12.6 Å². The molecule has 1 rings (SSSR count). The zero-order chi connectivity index (χ0) is 15.0. The van der Waals surface area contributed by atoms with E-state index in [0.29, 0.717) is 16.4 Å². The number of rotatable bonds is 8. The van der Waals surface area contributed by atoms with Crippen molar-refractivity contribution in [3.8, 4) is 11.5 Å². The van der Waals surface area contributed by atoms with Gasteiger partial charge in [0.25, 0.3) is 0 Å². The highest BCUT2D eigenvalue weighted by atomic mass is 32.1. The number of amides is 2. The second-order valence-electron chi connectivity index (χ2n) is 3.83. The van der Waals surface area contributed by atoms with Gasteiger partial charge in [-0.05, 0) is 18.2 Å². The standard InChI is InChI=1S/C12H16N2O5S/c13-11(15)3-5-19-10-7-8(20)1-2-9(10)18-6-4-12(16)14-17/h1-2,7,17,20H,3-6H2,(H2,13,15)(H,14,16). The van der Waals surface area contributed by atoms with Crippen LogP contribution in [-0.4, -0.2) is 30.2 Å². The Hall–Kier alpha value is -1.93. The van der Waals surface area contributed by atoms with Gasteiger partial charge in [-0.2, -0.15) is 0 Å². The Morgan fingerprint density at radius 1 is 1.20 bits per heavy atom. The summed E-state index contributed by atoms with van der Waals surface area (Å²) in [6.07, 6.45) is 0.0863. The molecule has 0 atom stereocenters. The summed E-state index contributed by atoms with van der Waals surface area (Å²) in [6, 6.07) is 4.97. The number of thiol groups is 1. The van der Waals surface area contributed by atoms with Gasteiger partial charge in [-0.1, -0.05) is 0 Å². The van der Waals surface area contributed by atoms with Crippen molar-refractivity contribution in [1.29, 1.82) is 0 Å². The van der Waals surface area contributed by atoms with Gasteiger partial charge in [-0.15, -0.1) is 12.6 Å². The number of hydroxylamine groups is 1. The average molecular weight is 300 g/mol. The second-order valence-corrected chi connectivity index (χ2v) is 4.35. The zero-order valence-corrected chi connectivity index (χ0v) is 11.6. The first-order valence-electron chi connectivity index (χ1n) is 5.82. The lowest BCUT2D eigenvalue weighted by molar-refractivity contribution is -0.129. The van der Waals surface area contributed by atoms with Crippen LogP contribution in [0.25, 0.3) is 0 Å². The summed E-state index contributed by atoms with van der Waals surface area (Å²) >= 11 is 4.18. The molecule has 0 aliphatic carbocycles. The Balaban J connectivity index is 2.59. The van der Waals surface area contributed by atoms with Crippen LogP contribution < -0.4 is 20.7 Å². The molecule has 4 N–H and O–H groups in total. The maximum atomic E-state index is 10.9. The number of ether oxygens (including phenoxy) is 2. The minimum atomic E-state index is -0.549. The van der Waals surface area contributed by atoms with E-state index in [1.54, 1.807) is 18.2 Å².